The summed E-state index contributed by atoms with van der Waals surface area (Å²) in [5.74, 6) is -0.790. The molecule has 152 valence electrons. The van der Waals surface area contributed by atoms with Crippen molar-refractivity contribution in [2.24, 2.45) is 0 Å². The molecule has 0 saturated heterocycles. The second kappa shape index (κ2) is 8.17. The monoisotopic (exact) mass is 449 g/mol. The number of carbonyl (C=O) groups is 1. The lowest BCUT2D eigenvalue weighted by Crippen LogP contribution is -2.15. The maximum atomic E-state index is 13.8. The summed E-state index contributed by atoms with van der Waals surface area (Å²) in [6.07, 6.45) is 2.24. The lowest BCUT2D eigenvalue weighted by Gasteiger charge is -2.11. The highest BCUT2D eigenvalue weighted by Crippen LogP contribution is 2.29. The van der Waals surface area contributed by atoms with Gasteiger partial charge in [0.15, 0.2) is 5.82 Å². The quantitative estimate of drug-likeness (QED) is 0.489. The summed E-state index contributed by atoms with van der Waals surface area (Å²) in [6.45, 7) is 0. The molecule has 0 fully saturated rings. The van der Waals surface area contributed by atoms with Gasteiger partial charge in [-0.15, -0.1) is 0 Å². The Morgan fingerprint density at radius 3 is 2.63 bits per heavy atom. The van der Waals surface area contributed by atoms with E-state index in [1.165, 1.54) is 35.7 Å². The molecule has 8 nitrogen and oxygen atoms in total. The molecule has 0 aliphatic heterocycles. The SMILES string of the molecule is O=C(Nc1ccc(-n2cncn2)c(Cl)c1)c1cnn(-c2ncccc2Cl)c1C(F)F. The molecule has 3 heterocycles. The van der Waals surface area contributed by atoms with Gasteiger partial charge in [-0.3, -0.25) is 4.79 Å². The van der Waals surface area contributed by atoms with Crippen LogP contribution in [0.4, 0.5) is 14.5 Å². The van der Waals surface area contributed by atoms with Crippen molar-refractivity contribution in [2.75, 3.05) is 5.32 Å². The Kier molecular flexibility index (Phi) is 5.42. The predicted molar refractivity (Wildman–Crippen MR) is 106 cm³/mol. The molecule has 0 aliphatic carbocycles. The van der Waals surface area contributed by atoms with Gasteiger partial charge < -0.3 is 5.32 Å². The fourth-order valence-electron chi connectivity index (χ4n) is 2.75. The number of amides is 1. The number of hydrogen-bond acceptors (Lipinski definition) is 5. The number of nitrogens with zero attached hydrogens (tertiary/aromatic N) is 6. The molecule has 12 heteroatoms. The Hall–Kier alpha value is -3.37. The van der Waals surface area contributed by atoms with Crippen molar-refractivity contribution in [3.8, 4) is 11.5 Å². The fraction of sp³-hybridized carbons (Fsp3) is 0.0556. The van der Waals surface area contributed by atoms with Crippen LogP contribution in [0.3, 0.4) is 0 Å². The summed E-state index contributed by atoms with van der Waals surface area (Å²) in [6, 6.07) is 7.68. The third kappa shape index (κ3) is 3.74. The van der Waals surface area contributed by atoms with Gasteiger partial charge in [0.25, 0.3) is 12.3 Å². The lowest BCUT2D eigenvalue weighted by molar-refractivity contribution is 0.100. The van der Waals surface area contributed by atoms with Gasteiger partial charge in [-0.1, -0.05) is 23.2 Å². The number of anilines is 1. The van der Waals surface area contributed by atoms with Crippen LogP contribution in [0.5, 0.6) is 0 Å². The van der Waals surface area contributed by atoms with Crippen LogP contribution in [0.1, 0.15) is 22.5 Å². The zero-order valence-electron chi connectivity index (χ0n) is 14.9. The van der Waals surface area contributed by atoms with Gasteiger partial charge in [0, 0.05) is 11.9 Å². The van der Waals surface area contributed by atoms with E-state index in [0.717, 1.165) is 10.9 Å². The Bertz CT molecular complexity index is 1210. The van der Waals surface area contributed by atoms with Gasteiger partial charge in [-0.2, -0.15) is 10.2 Å². The highest BCUT2D eigenvalue weighted by atomic mass is 35.5. The summed E-state index contributed by atoms with van der Waals surface area (Å²) in [5.41, 5.74) is -0.0997. The van der Waals surface area contributed by atoms with E-state index >= 15 is 0 Å². The Morgan fingerprint density at radius 1 is 1.13 bits per heavy atom. The van der Waals surface area contributed by atoms with E-state index in [4.69, 9.17) is 23.2 Å². The molecule has 0 spiro atoms. The van der Waals surface area contributed by atoms with Crippen molar-refractivity contribution >= 4 is 34.8 Å². The zero-order chi connectivity index (χ0) is 21.3. The van der Waals surface area contributed by atoms with E-state index in [1.54, 1.807) is 18.2 Å². The number of alkyl halides is 2. The number of pyridine rings is 1. The van der Waals surface area contributed by atoms with Crippen molar-refractivity contribution in [3.05, 3.63) is 76.7 Å². The molecule has 1 amide bonds. The minimum absolute atomic E-state index is 0.00579. The second-order valence-corrected chi connectivity index (χ2v) is 6.74. The Morgan fingerprint density at radius 2 is 1.97 bits per heavy atom. The second-order valence-electron chi connectivity index (χ2n) is 5.93. The van der Waals surface area contributed by atoms with Crippen LogP contribution in [-0.4, -0.2) is 35.4 Å². The first kappa shape index (κ1) is 19.9. The molecular weight excluding hydrogens is 439 g/mol. The lowest BCUT2D eigenvalue weighted by atomic mass is 10.2. The first-order valence-corrected chi connectivity index (χ1v) is 9.14. The van der Waals surface area contributed by atoms with Crippen LogP contribution < -0.4 is 5.32 Å². The van der Waals surface area contributed by atoms with Crippen molar-refractivity contribution in [2.45, 2.75) is 6.43 Å². The van der Waals surface area contributed by atoms with Crippen LogP contribution in [0.25, 0.3) is 11.5 Å². The smallest absolute Gasteiger partial charge is 0.281 e. The molecule has 4 rings (SSSR count). The van der Waals surface area contributed by atoms with E-state index < -0.39 is 18.0 Å². The summed E-state index contributed by atoms with van der Waals surface area (Å²) < 4.78 is 29.8. The van der Waals surface area contributed by atoms with Crippen molar-refractivity contribution in [1.82, 2.24) is 29.5 Å². The molecule has 0 radical (unpaired) electrons. The van der Waals surface area contributed by atoms with Gasteiger partial charge in [-0.05, 0) is 30.3 Å². The third-order valence-corrected chi connectivity index (χ3v) is 4.67. The predicted octanol–water partition coefficient (Wildman–Crippen LogP) is 4.34. The number of aromatic nitrogens is 6. The molecule has 3 aromatic heterocycles. The van der Waals surface area contributed by atoms with Crippen molar-refractivity contribution in [3.63, 3.8) is 0 Å². The Labute approximate surface area is 178 Å². The topological polar surface area (TPSA) is 90.5 Å². The summed E-state index contributed by atoms with van der Waals surface area (Å²) in [7, 11) is 0. The highest BCUT2D eigenvalue weighted by Gasteiger charge is 2.27. The summed E-state index contributed by atoms with van der Waals surface area (Å²) in [4.78, 5) is 20.5. The minimum Gasteiger partial charge on any atom is -0.322 e. The number of halogens is 4. The average Bonchev–Trinajstić information content (AvgIpc) is 3.38. The molecular formula is C18H11Cl2F2N7O. The maximum Gasteiger partial charge on any atom is 0.281 e. The molecule has 0 aliphatic rings. The maximum absolute atomic E-state index is 13.8. The zero-order valence-corrected chi connectivity index (χ0v) is 16.4. The van der Waals surface area contributed by atoms with Gasteiger partial charge in [0.2, 0.25) is 0 Å². The van der Waals surface area contributed by atoms with E-state index in [1.807, 2.05) is 0 Å². The number of hydrogen-bond donors (Lipinski definition) is 1. The number of rotatable bonds is 5. The first-order valence-electron chi connectivity index (χ1n) is 8.38. The molecule has 4 aromatic rings. The molecule has 1 N–H and O–H groups in total. The molecule has 1 aromatic carbocycles. The number of benzene rings is 1. The first-order chi connectivity index (χ1) is 14.5. The molecule has 0 unspecified atom stereocenters. The van der Waals surface area contributed by atoms with Gasteiger partial charge in [0.1, 0.15) is 18.3 Å². The highest BCUT2D eigenvalue weighted by molar-refractivity contribution is 6.33. The number of nitrogens with one attached hydrogen (secondary N) is 1. The minimum atomic E-state index is -3.00. The number of carbonyl (C=O) groups excluding carboxylic acids is 1. The molecule has 0 bridgehead atoms. The summed E-state index contributed by atoms with van der Waals surface area (Å²) >= 11 is 12.3. The van der Waals surface area contributed by atoms with Crippen LogP contribution in [0.2, 0.25) is 10.0 Å². The van der Waals surface area contributed by atoms with E-state index in [2.05, 4.69) is 25.5 Å². The Balaban J connectivity index is 1.64. The summed E-state index contributed by atoms with van der Waals surface area (Å²) in [5, 5.41) is 10.8. The normalized spacial score (nSPS) is 11.1. The molecule has 0 saturated carbocycles. The molecule has 30 heavy (non-hydrogen) atoms. The van der Waals surface area contributed by atoms with Crippen molar-refractivity contribution in [1.29, 1.82) is 0 Å². The van der Waals surface area contributed by atoms with Gasteiger partial charge in [0.05, 0.1) is 27.5 Å². The third-order valence-electron chi connectivity index (χ3n) is 4.07. The average molecular weight is 450 g/mol. The van der Waals surface area contributed by atoms with Crippen LogP contribution in [-0.2, 0) is 0 Å². The van der Waals surface area contributed by atoms with Crippen LogP contribution in [0, 0.1) is 0 Å². The van der Waals surface area contributed by atoms with Gasteiger partial charge >= 0.3 is 0 Å². The van der Waals surface area contributed by atoms with E-state index in [-0.39, 0.29) is 21.4 Å². The van der Waals surface area contributed by atoms with E-state index in [9.17, 15) is 13.6 Å². The van der Waals surface area contributed by atoms with Crippen molar-refractivity contribution < 1.29 is 13.6 Å². The standard InChI is InChI=1S/C18H11Cl2F2N7O/c19-12-2-1-5-24-17(12)29-15(16(21)22)11(7-25-29)18(30)27-10-3-4-14(13(20)6-10)28-9-23-8-26-28/h1-9,16H,(H,27,30). The fourth-order valence-corrected chi connectivity index (χ4v) is 3.22. The van der Waals surface area contributed by atoms with Crippen LogP contribution >= 0.6 is 23.2 Å². The largest absolute Gasteiger partial charge is 0.322 e. The molecule has 0 atom stereocenters. The van der Waals surface area contributed by atoms with E-state index in [0.29, 0.717) is 11.4 Å². The van der Waals surface area contributed by atoms with Crippen LogP contribution in [0.15, 0.2) is 55.4 Å². The van der Waals surface area contributed by atoms with Gasteiger partial charge in [-0.25, -0.2) is 28.1 Å².